The van der Waals surface area contributed by atoms with E-state index in [0.29, 0.717) is 0 Å². The molecule has 442 valence electrons. The summed E-state index contributed by atoms with van der Waals surface area (Å²) >= 11 is 0. The molecule has 2 aromatic carbocycles. The third-order valence-corrected chi connectivity index (χ3v) is 10.9. The number of benzene rings is 2. The van der Waals surface area contributed by atoms with E-state index in [4.69, 9.17) is 0 Å². The topological polar surface area (TPSA) is 61.8 Å². The molecule has 0 unspecified atom stereocenters. The van der Waals surface area contributed by atoms with Gasteiger partial charge in [0.25, 0.3) is 0 Å². The lowest BCUT2D eigenvalue weighted by molar-refractivity contribution is -0.336. The van der Waals surface area contributed by atoms with Crippen molar-refractivity contribution in [3.8, 4) is 11.1 Å². The number of fused-ring (bicyclic) bond motifs is 3. The van der Waals surface area contributed by atoms with Gasteiger partial charge in [-0.2, -0.15) is 154 Å². The summed E-state index contributed by atoms with van der Waals surface area (Å²) in [5.74, 6) is -74.9. The molecule has 0 atom stereocenters. The Balaban J connectivity index is 3.12. The van der Waals surface area contributed by atoms with Gasteiger partial charge in [0.15, 0.2) is 0 Å². The molecule has 0 saturated heterocycles. The lowest BCUT2D eigenvalue weighted by atomic mass is 9.83. The maximum atomic E-state index is 15.9. The second kappa shape index (κ2) is 19.3. The maximum absolute atomic E-state index is 15.9. The molecular weight excluding hydrogens is 1190 g/mol. The first-order chi connectivity index (χ1) is 34.2. The van der Waals surface area contributed by atoms with Crippen molar-refractivity contribution in [3.05, 3.63) is 51.6 Å². The smallest absolute Gasteiger partial charge is 0.286 e. The first-order valence-electron chi connectivity index (χ1n) is 19.2. The zero-order valence-electron chi connectivity index (χ0n) is 37.4. The van der Waals surface area contributed by atoms with Crippen LogP contribution in [0.4, 0.5) is 159 Å². The van der Waals surface area contributed by atoms with Gasteiger partial charge in [-0.1, -0.05) is 0 Å². The van der Waals surface area contributed by atoms with Crippen molar-refractivity contribution >= 4 is 34.2 Å². The monoisotopic (exact) mass is 1210 g/mol. The molecule has 0 spiro atoms. The molecule has 0 aromatic heterocycles. The van der Waals surface area contributed by atoms with Crippen LogP contribution in [0.25, 0.3) is 11.1 Å². The van der Waals surface area contributed by atoms with E-state index < -0.39 is 214 Å². The van der Waals surface area contributed by atoms with Crippen molar-refractivity contribution in [2.24, 2.45) is 25.0 Å². The molecular formula is C38H20F35N5. The van der Waals surface area contributed by atoms with Crippen LogP contribution in [0.5, 0.6) is 0 Å². The van der Waals surface area contributed by atoms with Crippen LogP contribution in [0.3, 0.4) is 0 Å². The van der Waals surface area contributed by atoms with Crippen LogP contribution < -0.4 is 0 Å². The van der Waals surface area contributed by atoms with Crippen molar-refractivity contribution in [1.29, 1.82) is 0 Å². The number of rotatable bonds is 15. The van der Waals surface area contributed by atoms with E-state index in [0.717, 1.165) is 0 Å². The molecule has 0 fully saturated rings. The van der Waals surface area contributed by atoms with Gasteiger partial charge in [-0.25, -0.2) is 0 Å². The zero-order chi connectivity index (χ0) is 61.9. The summed E-state index contributed by atoms with van der Waals surface area (Å²) in [5, 5.41) is 0. The molecule has 0 saturated carbocycles. The molecule has 40 heteroatoms. The molecule has 3 rings (SSSR count). The van der Waals surface area contributed by atoms with Gasteiger partial charge < -0.3 is 0 Å². The fourth-order valence-corrected chi connectivity index (χ4v) is 6.98. The van der Waals surface area contributed by atoms with Crippen molar-refractivity contribution in [2.75, 3.05) is 28.2 Å². The van der Waals surface area contributed by atoms with E-state index >= 15 is 43.9 Å². The summed E-state index contributed by atoms with van der Waals surface area (Å²) in [6.45, 7) is -0.788. The van der Waals surface area contributed by atoms with Crippen LogP contribution >= 0.6 is 0 Å². The molecule has 78 heavy (non-hydrogen) atoms. The molecule has 0 bridgehead atoms. The Morgan fingerprint density at radius 3 is 0.872 bits per heavy atom. The molecule has 0 aliphatic heterocycles. The molecule has 1 aliphatic rings. The number of nitrogens with zero attached hydrogens (tertiary/aromatic N) is 5. The minimum atomic E-state index is -7.78. The lowest BCUT2D eigenvalue weighted by Gasteiger charge is -2.33. The van der Waals surface area contributed by atoms with Crippen LogP contribution in [0, 0.1) is 0 Å². The normalized spacial score (nSPS) is 16.8. The number of hydrogen-bond acceptors (Lipinski definition) is 5. The average molecular weight is 1210 g/mol. The standard InChI is InChI=1S/C38H20F35N5/c1-10(24(39,40)29(49,50)34(59,60)61)78-19-15-7-11-6-13(20(74-2)25(41,42)30(51,52)35(62,63)64)14(21(75-3)26(43,44)31(53,54)36(65,66)67)8-12(11)18(15)16(22(76-4)27(45,46)32(55,56)37(68,69)70)9-17(19)23(77-5)28(47,48)33(57,58)38(71,72)73/h6,8-9H,7H2,1-5H3. The van der Waals surface area contributed by atoms with Crippen LogP contribution in [0.15, 0.2) is 43.2 Å². The van der Waals surface area contributed by atoms with Gasteiger partial charge in [-0.15, -0.1) is 0 Å². The van der Waals surface area contributed by atoms with E-state index in [1.54, 1.807) is 0 Å². The molecule has 2 aromatic rings. The summed E-state index contributed by atoms with van der Waals surface area (Å²) in [4.78, 5) is 11.5. The number of halogens is 35. The third kappa shape index (κ3) is 9.74. The maximum Gasteiger partial charge on any atom is 0.460 e. The van der Waals surface area contributed by atoms with Crippen LogP contribution in [-0.2, 0) is 6.42 Å². The largest absolute Gasteiger partial charge is 0.460 e. The highest BCUT2D eigenvalue weighted by Gasteiger charge is 2.79. The van der Waals surface area contributed by atoms with Crippen LogP contribution in [-0.4, -0.2) is 147 Å². The summed E-state index contributed by atoms with van der Waals surface area (Å²) in [6, 6.07) is -3.09. The number of alkyl halides is 35. The van der Waals surface area contributed by atoms with E-state index in [-0.39, 0.29) is 14.1 Å². The zero-order valence-corrected chi connectivity index (χ0v) is 37.4. The summed E-state index contributed by atoms with van der Waals surface area (Å²) < 4.78 is 505. The molecule has 0 radical (unpaired) electrons. The van der Waals surface area contributed by atoms with Gasteiger partial charge in [0.1, 0.15) is 22.8 Å². The Labute approximate surface area is 407 Å². The average Bonchev–Trinajstić information content (AvgIpc) is 3.61. The van der Waals surface area contributed by atoms with E-state index in [1.165, 1.54) is 0 Å². The highest BCUT2D eigenvalue weighted by molar-refractivity contribution is 6.21. The molecule has 0 N–H and O–H groups in total. The second-order valence-electron chi connectivity index (χ2n) is 15.6. The van der Waals surface area contributed by atoms with E-state index in [2.05, 4.69) is 25.0 Å². The Bertz CT molecular complexity index is 2810. The SMILES string of the molecule is CN=C(c1cc2c(cc1C(=NC)C(F)(F)C(F)(F)C(F)(F)F)-c1c(C(=NC)C(F)(F)C(F)(F)C(F)(F)F)cc(C(=NC)C(F)(F)C(F)(F)C(F)(F)F)c(N=C(C)C(F)(F)C(F)(F)C(F)(F)F)c1C2)C(F)(F)C(F)(F)C(F)(F)F. The van der Waals surface area contributed by atoms with Crippen LogP contribution in [0.2, 0.25) is 0 Å². The lowest BCUT2D eigenvalue weighted by Crippen LogP contribution is -2.58. The van der Waals surface area contributed by atoms with Gasteiger partial charge in [0.05, 0.1) is 11.4 Å². The fourth-order valence-electron chi connectivity index (χ4n) is 6.98. The predicted molar refractivity (Wildman–Crippen MR) is 197 cm³/mol. The van der Waals surface area contributed by atoms with E-state index in [9.17, 15) is 110 Å². The number of hydrogen-bond donors (Lipinski definition) is 0. The van der Waals surface area contributed by atoms with Gasteiger partial charge in [-0.05, 0) is 47.4 Å². The van der Waals surface area contributed by atoms with Crippen molar-refractivity contribution in [2.45, 2.75) is 103 Å². The number of aliphatic imine (C=N–C) groups is 5. The Hall–Kier alpha value is -5.66. The van der Waals surface area contributed by atoms with Gasteiger partial charge in [-0.3, -0.25) is 25.0 Å². The summed E-state index contributed by atoms with van der Waals surface area (Å²) in [5.41, 5.74) is -40.9. The Morgan fingerprint density at radius 1 is 0.333 bits per heavy atom. The minimum Gasteiger partial charge on any atom is -0.286 e. The van der Waals surface area contributed by atoms with Crippen molar-refractivity contribution in [3.63, 3.8) is 0 Å². The molecule has 1 aliphatic carbocycles. The predicted octanol–water partition coefficient (Wildman–Crippen LogP) is 15.2. The summed E-state index contributed by atoms with van der Waals surface area (Å²) in [7, 11) is -1.55. The third-order valence-electron chi connectivity index (χ3n) is 10.9. The highest BCUT2D eigenvalue weighted by Crippen LogP contribution is 2.58. The quantitative estimate of drug-likeness (QED) is 0.108. The molecule has 0 amide bonds. The molecule has 0 heterocycles. The van der Waals surface area contributed by atoms with Gasteiger partial charge in [0.2, 0.25) is 0 Å². The van der Waals surface area contributed by atoms with Gasteiger partial charge in [0, 0.05) is 56.9 Å². The fraction of sp³-hybridized carbons (Fsp3) is 0.553. The van der Waals surface area contributed by atoms with E-state index in [1.807, 2.05) is 0 Å². The first kappa shape index (κ1) is 66.6. The van der Waals surface area contributed by atoms with Crippen molar-refractivity contribution < 1.29 is 154 Å². The van der Waals surface area contributed by atoms with Crippen molar-refractivity contribution in [1.82, 2.24) is 0 Å². The summed E-state index contributed by atoms with van der Waals surface area (Å²) in [6.07, 6.45) is -40.6. The minimum absolute atomic E-state index is 0.348. The Morgan fingerprint density at radius 2 is 0.590 bits per heavy atom. The Kier molecular flexibility index (Phi) is 16.5. The highest BCUT2D eigenvalue weighted by atomic mass is 19.5. The molecule has 5 nitrogen and oxygen atoms in total. The van der Waals surface area contributed by atoms with Crippen LogP contribution in [0.1, 0.15) is 40.3 Å². The van der Waals surface area contributed by atoms with Gasteiger partial charge >= 0.3 is 90.1 Å². The second-order valence-corrected chi connectivity index (χ2v) is 15.6. The first-order valence-corrected chi connectivity index (χ1v) is 19.2.